The zero-order valence-electron chi connectivity index (χ0n) is 6.42. The molecule has 0 bridgehead atoms. The fraction of sp³-hybridized carbons (Fsp3) is 1.00. The number of hydrogen-bond donors (Lipinski definition) is 2. The predicted molar refractivity (Wildman–Crippen MR) is 41.6 cm³/mol. The lowest BCUT2D eigenvalue weighted by Crippen LogP contribution is -2.33. The van der Waals surface area contributed by atoms with E-state index in [1.54, 1.807) is 0 Å². The second-order valence-corrected chi connectivity index (χ2v) is 3.22. The van der Waals surface area contributed by atoms with Gasteiger partial charge in [0.2, 0.25) is 0 Å². The normalized spacial score (nSPS) is 34.2. The highest BCUT2D eigenvalue weighted by Gasteiger charge is 2.20. The molecule has 1 rings (SSSR count). The van der Waals surface area contributed by atoms with E-state index in [1.165, 1.54) is 19.3 Å². The molecule has 2 atom stereocenters. The summed E-state index contributed by atoms with van der Waals surface area (Å²) in [4.78, 5) is 0. The highest BCUT2D eigenvalue weighted by Crippen LogP contribution is 2.24. The predicted octanol–water partition coefficient (Wildman–Crippen LogP) is 0.886. The SMILES string of the molecule is N[C@@H]1CCCC[C@H]1CCO. The minimum absolute atomic E-state index is 0.304. The average molecular weight is 143 g/mol. The van der Waals surface area contributed by atoms with Crippen molar-refractivity contribution < 1.29 is 5.11 Å². The Kier molecular flexibility index (Phi) is 3.16. The molecule has 1 aliphatic rings. The minimum Gasteiger partial charge on any atom is -0.396 e. The van der Waals surface area contributed by atoms with Crippen LogP contribution in [0.15, 0.2) is 0 Å². The van der Waals surface area contributed by atoms with Crippen molar-refractivity contribution in [1.29, 1.82) is 0 Å². The van der Waals surface area contributed by atoms with Gasteiger partial charge in [-0.3, -0.25) is 0 Å². The third-order valence-electron chi connectivity index (χ3n) is 2.47. The third-order valence-corrected chi connectivity index (χ3v) is 2.47. The number of nitrogens with two attached hydrogens (primary N) is 1. The Morgan fingerprint density at radius 2 is 2.00 bits per heavy atom. The number of aliphatic hydroxyl groups excluding tert-OH is 1. The van der Waals surface area contributed by atoms with E-state index in [0.717, 1.165) is 12.8 Å². The van der Waals surface area contributed by atoms with Crippen molar-refractivity contribution in [1.82, 2.24) is 0 Å². The second kappa shape index (κ2) is 3.94. The van der Waals surface area contributed by atoms with Gasteiger partial charge in [-0.15, -0.1) is 0 Å². The first-order valence-electron chi connectivity index (χ1n) is 4.21. The molecule has 0 saturated heterocycles. The molecule has 3 N–H and O–H groups in total. The molecule has 2 heteroatoms. The summed E-state index contributed by atoms with van der Waals surface area (Å²) in [5.41, 5.74) is 5.85. The van der Waals surface area contributed by atoms with Gasteiger partial charge in [0.05, 0.1) is 0 Å². The summed E-state index contributed by atoms with van der Waals surface area (Å²) in [6.07, 6.45) is 5.87. The van der Waals surface area contributed by atoms with Crippen molar-refractivity contribution in [2.24, 2.45) is 11.7 Å². The van der Waals surface area contributed by atoms with Crippen molar-refractivity contribution in [2.75, 3.05) is 6.61 Å². The highest BCUT2D eigenvalue weighted by molar-refractivity contribution is 4.77. The second-order valence-electron chi connectivity index (χ2n) is 3.22. The van der Waals surface area contributed by atoms with Gasteiger partial charge >= 0.3 is 0 Å². The van der Waals surface area contributed by atoms with Crippen molar-refractivity contribution in [3.05, 3.63) is 0 Å². The molecule has 0 radical (unpaired) electrons. The topological polar surface area (TPSA) is 46.2 Å². The van der Waals surface area contributed by atoms with Crippen LogP contribution in [0.5, 0.6) is 0 Å². The van der Waals surface area contributed by atoms with Crippen molar-refractivity contribution >= 4 is 0 Å². The van der Waals surface area contributed by atoms with Gasteiger partial charge in [0.1, 0.15) is 0 Å². The molecule has 0 aliphatic heterocycles. The smallest absolute Gasteiger partial charge is 0.0434 e. The zero-order chi connectivity index (χ0) is 7.40. The zero-order valence-corrected chi connectivity index (χ0v) is 6.42. The summed E-state index contributed by atoms with van der Waals surface area (Å²) < 4.78 is 0. The van der Waals surface area contributed by atoms with Crippen LogP contribution in [0.4, 0.5) is 0 Å². The van der Waals surface area contributed by atoms with E-state index in [4.69, 9.17) is 10.8 Å². The van der Waals surface area contributed by atoms with Crippen LogP contribution in [0.25, 0.3) is 0 Å². The lowest BCUT2D eigenvalue weighted by atomic mass is 9.83. The molecular weight excluding hydrogens is 126 g/mol. The van der Waals surface area contributed by atoms with E-state index in [1.807, 2.05) is 0 Å². The van der Waals surface area contributed by atoms with Crippen LogP contribution in [0, 0.1) is 5.92 Å². The molecule has 0 heterocycles. The first-order chi connectivity index (χ1) is 4.84. The molecule has 2 nitrogen and oxygen atoms in total. The summed E-state index contributed by atoms with van der Waals surface area (Å²) in [6, 6.07) is 0.362. The van der Waals surface area contributed by atoms with E-state index in [2.05, 4.69) is 0 Å². The molecule has 0 aromatic carbocycles. The van der Waals surface area contributed by atoms with Crippen molar-refractivity contribution in [2.45, 2.75) is 38.1 Å². The van der Waals surface area contributed by atoms with Crippen molar-refractivity contribution in [3.63, 3.8) is 0 Å². The summed E-state index contributed by atoms with van der Waals surface area (Å²) >= 11 is 0. The van der Waals surface area contributed by atoms with E-state index < -0.39 is 0 Å². The Morgan fingerprint density at radius 1 is 1.30 bits per heavy atom. The lowest BCUT2D eigenvalue weighted by Gasteiger charge is -2.27. The van der Waals surface area contributed by atoms with E-state index in [9.17, 15) is 0 Å². The Balaban J connectivity index is 2.25. The number of hydrogen-bond acceptors (Lipinski definition) is 2. The molecule has 0 aromatic heterocycles. The fourth-order valence-corrected chi connectivity index (χ4v) is 1.76. The van der Waals surface area contributed by atoms with E-state index in [-0.39, 0.29) is 0 Å². The highest BCUT2D eigenvalue weighted by atomic mass is 16.3. The first-order valence-corrected chi connectivity index (χ1v) is 4.21. The molecule has 10 heavy (non-hydrogen) atoms. The van der Waals surface area contributed by atoms with Crippen LogP contribution in [0.1, 0.15) is 32.1 Å². The van der Waals surface area contributed by atoms with Crippen LogP contribution in [-0.2, 0) is 0 Å². The summed E-state index contributed by atoms with van der Waals surface area (Å²) in [7, 11) is 0. The molecule has 0 amide bonds. The van der Waals surface area contributed by atoms with Gasteiger partial charge < -0.3 is 10.8 Å². The molecule has 0 aromatic rings. The van der Waals surface area contributed by atoms with Crippen LogP contribution in [-0.4, -0.2) is 17.8 Å². The third kappa shape index (κ3) is 1.96. The standard InChI is InChI=1S/C8H17NO/c9-8-4-2-1-3-7(8)5-6-10/h7-8,10H,1-6,9H2/t7-,8+/m0/s1. The van der Waals surface area contributed by atoms with Crippen LogP contribution < -0.4 is 5.73 Å². The van der Waals surface area contributed by atoms with Gasteiger partial charge in [-0.1, -0.05) is 12.8 Å². The maximum atomic E-state index is 8.68. The summed E-state index contributed by atoms with van der Waals surface area (Å²) in [6.45, 7) is 0.304. The average Bonchev–Trinajstić information content (AvgIpc) is 1.94. The van der Waals surface area contributed by atoms with Crippen molar-refractivity contribution in [3.8, 4) is 0 Å². The molecular formula is C8H17NO. The van der Waals surface area contributed by atoms with Gasteiger partial charge in [0.15, 0.2) is 0 Å². The van der Waals surface area contributed by atoms with E-state index >= 15 is 0 Å². The molecule has 1 saturated carbocycles. The van der Waals surface area contributed by atoms with Crippen LogP contribution in [0.3, 0.4) is 0 Å². The maximum absolute atomic E-state index is 8.68. The van der Waals surface area contributed by atoms with E-state index in [0.29, 0.717) is 18.6 Å². The largest absolute Gasteiger partial charge is 0.396 e. The Morgan fingerprint density at radius 3 is 2.60 bits per heavy atom. The number of rotatable bonds is 2. The van der Waals surface area contributed by atoms with Gasteiger partial charge in [0, 0.05) is 12.6 Å². The molecule has 1 aliphatic carbocycles. The Labute approximate surface area is 62.4 Å². The molecule has 0 unspecified atom stereocenters. The Hall–Kier alpha value is -0.0800. The quantitative estimate of drug-likeness (QED) is 0.603. The summed E-state index contributed by atoms with van der Waals surface area (Å²) in [5.74, 6) is 0.596. The maximum Gasteiger partial charge on any atom is 0.0434 e. The van der Waals surface area contributed by atoms with Gasteiger partial charge in [0.25, 0.3) is 0 Å². The number of aliphatic hydroxyl groups is 1. The monoisotopic (exact) mass is 143 g/mol. The lowest BCUT2D eigenvalue weighted by molar-refractivity contribution is 0.212. The Bertz CT molecular complexity index is 93.3. The van der Waals surface area contributed by atoms with Crippen LogP contribution in [0.2, 0.25) is 0 Å². The molecule has 60 valence electrons. The van der Waals surface area contributed by atoms with Gasteiger partial charge in [-0.25, -0.2) is 0 Å². The fourth-order valence-electron chi connectivity index (χ4n) is 1.76. The summed E-state index contributed by atoms with van der Waals surface area (Å²) in [5, 5.41) is 8.68. The van der Waals surface area contributed by atoms with Gasteiger partial charge in [-0.2, -0.15) is 0 Å². The van der Waals surface area contributed by atoms with Gasteiger partial charge in [-0.05, 0) is 25.2 Å². The first kappa shape index (κ1) is 8.02. The molecule has 0 spiro atoms. The minimum atomic E-state index is 0.304. The molecule has 1 fully saturated rings. The van der Waals surface area contributed by atoms with Crippen LogP contribution >= 0.6 is 0 Å².